The molecule has 0 radical (unpaired) electrons. The van der Waals surface area contributed by atoms with E-state index in [9.17, 15) is 0 Å². The average Bonchev–Trinajstić information content (AvgIpc) is 2.60. The quantitative estimate of drug-likeness (QED) is 0.725. The van der Waals surface area contributed by atoms with Crippen LogP contribution in [0.3, 0.4) is 0 Å². The van der Waals surface area contributed by atoms with Crippen LogP contribution in [-0.4, -0.2) is 16.8 Å². The van der Waals surface area contributed by atoms with Gasteiger partial charge in [-0.3, -0.25) is 4.68 Å². The van der Waals surface area contributed by atoms with Gasteiger partial charge in [-0.25, -0.2) is 0 Å². The summed E-state index contributed by atoms with van der Waals surface area (Å²) in [7, 11) is 3.96. The van der Waals surface area contributed by atoms with E-state index >= 15 is 0 Å². The van der Waals surface area contributed by atoms with E-state index in [1.165, 1.54) is 5.69 Å². The molecule has 14 heavy (non-hydrogen) atoms. The first-order valence-electron chi connectivity index (χ1n) is 5.09. The van der Waals surface area contributed by atoms with Gasteiger partial charge in [-0.05, 0) is 26.0 Å². The molecule has 1 heterocycles. The summed E-state index contributed by atoms with van der Waals surface area (Å²) >= 11 is 0. The minimum Gasteiger partial charge on any atom is -0.311 e. The Kier molecular flexibility index (Phi) is 4.40. The number of aromatic nitrogens is 2. The maximum Gasteiger partial charge on any atom is 0.0553 e. The molecule has 1 aromatic rings. The largest absolute Gasteiger partial charge is 0.311 e. The number of nitrogens with one attached hydrogen (secondary N) is 1. The Morgan fingerprint density at radius 2 is 2.36 bits per heavy atom. The molecule has 0 aliphatic heterocycles. The van der Waals surface area contributed by atoms with Gasteiger partial charge in [-0.2, -0.15) is 5.10 Å². The monoisotopic (exact) mass is 193 g/mol. The van der Waals surface area contributed by atoms with Gasteiger partial charge < -0.3 is 5.32 Å². The summed E-state index contributed by atoms with van der Waals surface area (Å²) in [5, 5.41) is 7.46. The maximum absolute atomic E-state index is 4.17. The van der Waals surface area contributed by atoms with Crippen molar-refractivity contribution in [1.82, 2.24) is 15.1 Å². The van der Waals surface area contributed by atoms with Crippen LogP contribution >= 0.6 is 0 Å². The molecule has 0 aliphatic rings. The zero-order chi connectivity index (χ0) is 10.4. The number of nitrogens with zero attached hydrogens (tertiary/aromatic N) is 2. The number of allylic oxidation sites excluding steroid dienone is 1. The zero-order valence-corrected chi connectivity index (χ0v) is 9.20. The summed E-state index contributed by atoms with van der Waals surface area (Å²) in [4.78, 5) is 0. The molecular formula is C11H19N3. The predicted octanol–water partition coefficient (Wildman–Crippen LogP) is 2.04. The third-order valence-corrected chi connectivity index (χ3v) is 2.34. The highest BCUT2D eigenvalue weighted by atomic mass is 15.3. The van der Waals surface area contributed by atoms with Crippen molar-refractivity contribution in [3.8, 4) is 0 Å². The molecule has 78 valence electrons. The Morgan fingerprint density at radius 1 is 1.57 bits per heavy atom. The second-order valence-electron chi connectivity index (χ2n) is 3.34. The Bertz CT molecular complexity index is 288. The van der Waals surface area contributed by atoms with Gasteiger partial charge in [0.15, 0.2) is 0 Å². The molecule has 0 bridgehead atoms. The lowest BCUT2D eigenvalue weighted by Crippen LogP contribution is -2.18. The van der Waals surface area contributed by atoms with E-state index in [1.807, 2.05) is 25.0 Å². The highest BCUT2D eigenvalue weighted by molar-refractivity contribution is 5.08. The van der Waals surface area contributed by atoms with Gasteiger partial charge in [0, 0.05) is 13.2 Å². The van der Waals surface area contributed by atoms with Crippen LogP contribution in [0.5, 0.6) is 0 Å². The molecule has 1 N–H and O–H groups in total. The number of aryl methyl sites for hydroxylation is 1. The number of hydrogen-bond acceptors (Lipinski definition) is 2. The maximum atomic E-state index is 4.17. The Balaban J connectivity index is 2.63. The fourth-order valence-corrected chi connectivity index (χ4v) is 1.51. The topological polar surface area (TPSA) is 29.9 Å². The number of hydrogen-bond donors (Lipinski definition) is 1. The summed E-state index contributed by atoms with van der Waals surface area (Å²) < 4.78 is 1.92. The van der Waals surface area contributed by atoms with Crippen molar-refractivity contribution in [2.24, 2.45) is 7.05 Å². The fourth-order valence-electron chi connectivity index (χ4n) is 1.51. The summed E-state index contributed by atoms with van der Waals surface area (Å²) in [6.07, 6.45) is 8.36. The van der Waals surface area contributed by atoms with Crippen molar-refractivity contribution in [3.63, 3.8) is 0 Å². The van der Waals surface area contributed by atoms with Crippen molar-refractivity contribution in [1.29, 1.82) is 0 Å². The predicted molar refractivity (Wildman–Crippen MR) is 59.1 cm³/mol. The van der Waals surface area contributed by atoms with Crippen molar-refractivity contribution < 1.29 is 0 Å². The molecular weight excluding hydrogens is 174 g/mol. The molecule has 3 nitrogen and oxygen atoms in total. The minimum absolute atomic E-state index is 0.366. The highest BCUT2D eigenvalue weighted by Crippen LogP contribution is 2.15. The van der Waals surface area contributed by atoms with E-state index < -0.39 is 0 Å². The van der Waals surface area contributed by atoms with Crippen LogP contribution in [0.15, 0.2) is 24.4 Å². The van der Waals surface area contributed by atoms with Crippen molar-refractivity contribution in [2.75, 3.05) is 7.05 Å². The van der Waals surface area contributed by atoms with Crippen LogP contribution < -0.4 is 5.32 Å². The van der Waals surface area contributed by atoms with Crippen LogP contribution in [0, 0.1) is 0 Å². The van der Waals surface area contributed by atoms with Crippen LogP contribution in [0.4, 0.5) is 0 Å². The third-order valence-electron chi connectivity index (χ3n) is 2.34. The van der Waals surface area contributed by atoms with Crippen LogP contribution in [0.2, 0.25) is 0 Å². The van der Waals surface area contributed by atoms with E-state index in [2.05, 4.69) is 35.6 Å². The molecule has 0 fully saturated rings. The molecule has 0 amide bonds. The first-order chi connectivity index (χ1) is 6.79. The first-order valence-corrected chi connectivity index (χ1v) is 5.09. The van der Waals surface area contributed by atoms with Gasteiger partial charge in [-0.1, -0.05) is 19.1 Å². The molecule has 0 spiro atoms. The Morgan fingerprint density at radius 3 is 2.86 bits per heavy atom. The van der Waals surface area contributed by atoms with Gasteiger partial charge in [-0.15, -0.1) is 0 Å². The van der Waals surface area contributed by atoms with Crippen molar-refractivity contribution >= 4 is 0 Å². The molecule has 1 atom stereocenters. The van der Waals surface area contributed by atoms with Gasteiger partial charge in [0.1, 0.15) is 0 Å². The van der Waals surface area contributed by atoms with E-state index in [-0.39, 0.29) is 0 Å². The first kappa shape index (κ1) is 11.0. The standard InChI is InChI=1S/C11H19N3/c1-4-5-6-7-10(12-2)11-8-9-13-14(11)3/h5-6,8-10,12H,4,7H2,1-3H3. The molecule has 1 unspecified atom stereocenters. The lowest BCUT2D eigenvalue weighted by atomic mass is 10.1. The van der Waals surface area contributed by atoms with Gasteiger partial charge in [0.25, 0.3) is 0 Å². The van der Waals surface area contributed by atoms with E-state index in [0.29, 0.717) is 6.04 Å². The summed E-state index contributed by atoms with van der Waals surface area (Å²) in [5.41, 5.74) is 1.23. The number of rotatable bonds is 5. The molecule has 0 aromatic carbocycles. The average molecular weight is 193 g/mol. The van der Waals surface area contributed by atoms with Gasteiger partial charge >= 0.3 is 0 Å². The fraction of sp³-hybridized carbons (Fsp3) is 0.545. The molecule has 1 aromatic heterocycles. The van der Waals surface area contributed by atoms with Crippen LogP contribution in [0.25, 0.3) is 0 Å². The molecule has 0 saturated carbocycles. The smallest absolute Gasteiger partial charge is 0.0553 e. The van der Waals surface area contributed by atoms with E-state index in [1.54, 1.807) is 0 Å². The molecule has 0 aliphatic carbocycles. The normalized spacial score (nSPS) is 13.6. The Labute approximate surface area is 85.8 Å². The zero-order valence-electron chi connectivity index (χ0n) is 9.20. The van der Waals surface area contributed by atoms with Crippen molar-refractivity contribution in [2.45, 2.75) is 25.8 Å². The van der Waals surface area contributed by atoms with Crippen molar-refractivity contribution in [3.05, 3.63) is 30.1 Å². The lowest BCUT2D eigenvalue weighted by molar-refractivity contribution is 0.545. The van der Waals surface area contributed by atoms with Crippen LogP contribution in [-0.2, 0) is 7.05 Å². The van der Waals surface area contributed by atoms with Gasteiger partial charge in [0.05, 0.1) is 11.7 Å². The Hall–Kier alpha value is -1.09. The SMILES string of the molecule is CCC=CCC(NC)c1ccnn1C. The van der Waals surface area contributed by atoms with E-state index in [0.717, 1.165) is 12.8 Å². The van der Waals surface area contributed by atoms with E-state index in [4.69, 9.17) is 0 Å². The summed E-state index contributed by atoms with van der Waals surface area (Å²) in [6, 6.07) is 2.42. The molecule has 0 saturated heterocycles. The highest BCUT2D eigenvalue weighted by Gasteiger charge is 2.10. The summed E-state index contributed by atoms with van der Waals surface area (Å²) in [6.45, 7) is 2.15. The minimum atomic E-state index is 0.366. The van der Waals surface area contributed by atoms with Gasteiger partial charge in [0.2, 0.25) is 0 Å². The lowest BCUT2D eigenvalue weighted by Gasteiger charge is -2.14. The third kappa shape index (κ3) is 2.70. The second-order valence-corrected chi connectivity index (χ2v) is 3.34. The second kappa shape index (κ2) is 5.60. The summed E-state index contributed by atoms with van der Waals surface area (Å²) in [5.74, 6) is 0. The molecule has 1 rings (SSSR count). The molecule has 3 heteroatoms. The van der Waals surface area contributed by atoms with Crippen LogP contribution in [0.1, 0.15) is 31.5 Å².